The predicted octanol–water partition coefficient (Wildman–Crippen LogP) is 5.48. The molecule has 0 aromatic heterocycles. The van der Waals surface area contributed by atoms with Gasteiger partial charge in [-0.2, -0.15) is 0 Å². The van der Waals surface area contributed by atoms with E-state index >= 15 is 0 Å². The first-order chi connectivity index (χ1) is 21.2. The summed E-state index contributed by atoms with van der Waals surface area (Å²) in [5.41, 5.74) is 1.21. The molecule has 234 valence electrons. The van der Waals surface area contributed by atoms with E-state index in [1.807, 2.05) is 30.3 Å². The summed E-state index contributed by atoms with van der Waals surface area (Å²) in [7, 11) is 3.37. The van der Waals surface area contributed by atoms with Crippen LogP contribution in [0, 0.1) is 5.82 Å². The SMILES string of the molecule is CN1CCCCN(C(=O)COc2cccc(F)c2)CCCCOc2ccc(Cl)cc2C(=O)N(C)[C@@H](Cc2ccccc2)C1=O. The van der Waals surface area contributed by atoms with Crippen LogP contribution < -0.4 is 9.47 Å². The molecule has 1 heterocycles. The molecule has 3 aromatic carbocycles. The lowest BCUT2D eigenvalue weighted by atomic mass is 10.0. The Morgan fingerprint density at radius 3 is 2.41 bits per heavy atom. The van der Waals surface area contributed by atoms with Crippen molar-refractivity contribution in [2.24, 2.45) is 0 Å². The van der Waals surface area contributed by atoms with Crippen LogP contribution in [0.25, 0.3) is 0 Å². The van der Waals surface area contributed by atoms with Crippen LogP contribution in [0.2, 0.25) is 5.02 Å². The van der Waals surface area contributed by atoms with E-state index in [0.717, 1.165) is 5.56 Å². The summed E-state index contributed by atoms with van der Waals surface area (Å²) in [6.07, 6.45) is 2.98. The molecule has 0 radical (unpaired) electrons. The highest BCUT2D eigenvalue weighted by molar-refractivity contribution is 6.31. The first-order valence-corrected chi connectivity index (χ1v) is 15.3. The standard InChI is InChI=1S/C34H39ClFN3O5/c1-37-17-6-7-18-39(32(40)24-44-28-14-10-13-27(36)23-28)19-8-9-20-43-31-16-15-26(35)22-29(31)33(41)38(2)30(34(37)42)21-25-11-4-3-5-12-25/h3-5,10-16,22-23,30H,6-9,17-21,24H2,1-2H3/t30-/m0/s1. The van der Waals surface area contributed by atoms with Gasteiger partial charge in [-0.15, -0.1) is 0 Å². The van der Waals surface area contributed by atoms with Crippen molar-refractivity contribution in [2.45, 2.75) is 38.1 Å². The summed E-state index contributed by atoms with van der Waals surface area (Å²) < 4.78 is 25.1. The number of halogens is 2. The summed E-state index contributed by atoms with van der Waals surface area (Å²) in [5.74, 6) is -0.503. The Hall–Kier alpha value is -4.11. The third kappa shape index (κ3) is 9.19. The maximum Gasteiger partial charge on any atom is 0.260 e. The Kier molecular flexibility index (Phi) is 12.0. The second-order valence-corrected chi connectivity index (χ2v) is 11.3. The van der Waals surface area contributed by atoms with Gasteiger partial charge < -0.3 is 24.2 Å². The summed E-state index contributed by atoms with van der Waals surface area (Å²) in [6, 6.07) is 19.4. The number of hydrogen-bond donors (Lipinski definition) is 0. The molecule has 4 rings (SSSR count). The van der Waals surface area contributed by atoms with Gasteiger partial charge in [0, 0.05) is 51.2 Å². The molecule has 10 heteroatoms. The van der Waals surface area contributed by atoms with Crippen LogP contribution in [0.5, 0.6) is 11.5 Å². The Labute approximate surface area is 263 Å². The first kappa shape index (κ1) is 32.8. The minimum absolute atomic E-state index is 0.185. The summed E-state index contributed by atoms with van der Waals surface area (Å²) in [6.45, 7) is 1.54. The molecule has 1 aliphatic heterocycles. The summed E-state index contributed by atoms with van der Waals surface area (Å²) >= 11 is 6.29. The zero-order valence-corrected chi connectivity index (χ0v) is 26.0. The van der Waals surface area contributed by atoms with Crippen molar-refractivity contribution in [3.63, 3.8) is 0 Å². The van der Waals surface area contributed by atoms with Crippen LogP contribution in [0.15, 0.2) is 72.8 Å². The first-order valence-electron chi connectivity index (χ1n) is 14.9. The van der Waals surface area contributed by atoms with Crippen molar-refractivity contribution in [1.29, 1.82) is 0 Å². The van der Waals surface area contributed by atoms with E-state index in [4.69, 9.17) is 21.1 Å². The van der Waals surface area contributed by atoms with Crippen molar-refractivity contribution in [2.75, 3.05) is 46.9 Å². The molecule has 0 aliphatic carbocycles. The Morgan fingerprint density at radius 2 is 1.66 bits per heavy atom. The normalized spacial score (nSPS) is 17.5. The number of benzene rings is 3. The van der Waals surface area contributed by atoms with Crippen LogP contribution in [0.1, 0.15) is 41.6 Å². The molecular weight excluding hydrogens is 585 g/mol. The fourth-order valence-electron chi connectivity index (χ4n) is 5.11. The topological polar surface area (TPSA) is 79.4 Å². The van der Waals surface area contributed by atoms with Gasteiger partial charge in [0.1, 0.15) is 23.4 Å². The number of carbonyl (C=O) groups is 3. The van der Waals surface area contributed by atoms with Gasteiger partial charge in [0.05, 0.1) is 12.2 Å². The monoisotopic (exact) mass is 623 g/mol. The smallest absolute Gasteiger partial charge is 0.260 e. The van der Waals surface area contributed by atoms with Crippen LogP contribution >= 0.6 is 11.6 Å². The van der Waals surface area contributed by atoms with Crippen LogP contribution in [-0.4, -0.2) is 85.4 Å². The lowest BCUT2D eigenvalue weighted by Crippen LogP contribution is -2.49. The van der Waals surface area contributed by atoms with E-state index in [2.05, 4.69) is 0 Å². The Morgan fingerprint density at radius 1 is 0.932 bits per heavy atom. The molecule has 0 saturated heterocycles. The number of nitrogens with zero attached hydrogens (tertiary/aromatic N) is 3. The van der Waals surface area contributed by atoms with Crippen molar-refractivity contribution in [3.05, 3.63) is 94.8 Å². The van der Waals surface area contributed by atoms with Gasteiger partial charge in [0.25, 0.3) is 11.8 Å². The molecule has 0 N–H and O–H groups in total. The molecule has 1 aliphatic rings. The fraction of sp³-hybridized carbons (Fsp3) is 0.382. The van der Waals surface area contributed by atoms with Gasteiger partial charge in [0.15, 0.2) is 6.61 Å². The minimum Gasteiger partial charge on any atom is -0.493 e. The number of ether oxygens (including phenoxy) is 2. The minimum atomic E-state index is -0.754. The number of hydrogen-bond acceptors (Lipinski definition) is 5. The average molecular weight is 624 g/mol. The van der Waals surface area contributed by atoms with Gasteiger partial charge in [0.2, 0.25) is 5.91 Å². The second-order valence-electron chi connectivity index (χ2n) is 10.9. The van der Waals surface area contributed by atoms with Crippen LogP contribution in [0.4, 0.5) is 4.39 Å². The zero-order valence-electron chi connectivity index (χ0n) is 25.2. The number of carbonyl (C=O) groups excluding carboxylic acids is 3. The quantitative estimate of drug-likeness (QED) is 0.376. The maximum atomic E-state index is 13.8. The van der Waals surface area contributed by atoms with Gasteiger partial charge in [-0.1, -0.05) is 48.0 Å². The number of amides is 3. The Bertz CT molecular complexity index is 1420. The average Bonchev–Trinajstić information content (AvgIpc) is 3.03. The third-order valence-corrected chi connectivity index (χ3v) is 7.89. The van der Waals surface area contributed by atoms with E-state index in [9.17, 15) is 18.8 Å². The second kappa shape index (κ2) is 16.1. The van der Waals surface area contributed by atoms with Gasteiger partial charge in [-0.3, -0.25) is 14.4 Å². The van der Waals surface area contributed by atoms with E-state index in [-0.39, 0.29) is 29.9 Å². The molecule has 0 bridgehead atoms. The molecule has 44 heavy (non-hydrogen) atoms. The predicted molar refractivity (Wildman–Crippen MR) is 168 cm³/mol. The molecule has 1 atom stereocenters. The van der Waals surface area contributed by atoms with Crippen molar-refractivity contribution < 1.29 is 28.2 Å². The highest BCUT2D eigenvalue weighted by Gasteiger charge is 2.31. The van der Waals surface area contributed by atoms with Gasteiger partial charge in [-0.05, 0) is 61.6 Å². The number of rotatable bonds is 5. The highest BCUT2D eigenvalue weighted by atomic mass is 35.5. The molecule has 0 fully saturated rings. The lowest BCUT2D eigenvalue weighted by Gasteiger charge is -2.31. The van der Waals surface area contributed by atoms with Crippen molar-refractivity contribution in [1.82, 2.24) is 14.7 Å². The van der Waals surface area contributed by atoms with Crippen molar-refractivity contribution >= 4 is 29.3 Å². The lowest BCUT2D eigenvalue weighted by molar-refractivity contribution is -0.135. The van der Waals surface area contributed by atoms with Crippen LogP contribution in [0.3, 0.4) is 0 Å². The highest BCUT2D eigenvalue weighted by Crippen LogP contribution is 2.26. The fourth-order valence-corrected chi connectivity index (χ4v) is 5.28. The molecule has 0 spiro atoms. The molecule has 8 nitrogen and oxygen atoms in total. The largest absolute Gasteiger partial charge is 0.493 e. The molecular formula is C34H39ClFN3O5. The molecule has 3 amide bonds. The molecule has 0 saturated carbocycles. The summed E-state index contributed by atoms with van der Waals surface area (Å²) in [5, 5.41) is 0.387. The van der Waals surface area contributed by atoms with E-state index < -0.39 is 11.9 Å². The maximum absolute atomic E-state index is 13.8. The number of fused-ring (bicyclic) bond motifs is 1. The van der Waals surface area contributed by atoms with E-state index in [1.165, 1.54) is 23.1 Å². The molecule has 0 unspecified atom stereocenters. The van der Waals surface area contributed by atoms with E-state index in [0.29, 0.717) is 74.9 Å². The Balaban J connectivity index is 1.53. The van der Waals surface area contributed by atoms with Crippen molar-refractivity contribution in [3.8, 4) is 11.5 Å². The van der Waals surface area contributed by atoms with Gasteiger partial charge >= 0.3 is 0 Å². The van der Waals surface area contributed by atoms with Crippen LogP contribution in [-0.2, 0) is 16.0 Å². The van der Waals surface area contributed by atoms with Gasteiger partial charge in [-0.25, -0.2) is 4.39 Å². The number of likely N-dealkylation sites (N-methyl/N-ethyl adjacent to an activating group) is 2. The van der Waals surface area contributed by atoms with E-state index in [1.54, 1.807) is 48.2 Å². The zero-order chi connectivity index (χ0) is 31.5. The third-order valence-electron chi connectivity index (χ3n) is 7.66. The summed E-state index contributed by atoms with van der Waals surface area (Å²) in [4.78, 5) is 45.6. The molecule has 3 aromatic rings.